The van der Waals surface area contributed by atoms with Gasteiger partial charge in [-0.15, -0.1) is 0 Å². The molecule has 0 bridgehead atoms. The number of nitrogen functional groups attached to an aromatic ring is 1. The van der Waals surface area contributed by atoms with Gasteiger partial charge in [-0.2, -0.15) is 4.37 Å². The molecule has 3 nitrogen and oxygen atoms in total. The molecule has 1 heterocycles. The SMILES string of the molecule is CC(C)(CNc1snc(N)c1C1CC1)c1ccccc1. The Hall–Kier alpha value is -1.55. The van der Waals surface area contributed by atoms with Crippen molar-refractivity contribution in [2.24, 2.45) is 0 Å². The van der Waals surface area contributed by atoms with Gasteiger partial charge in [0.15, 0.2) is 0 Å². The van der Waals surface area contributed by atoms with E-state index in [1.54, 1.807) is 0 Å². The maximum Gasteiger partial charge on any atom is 0.142 e. The third kappa shape index (κ3) is 2.66. The molecule has 0 atom stereocenters. The number of benzene rings is 1. The van der Waals surface area contributed by atoms with Crippen molar-refractivity contribution in [3.05, 3.63) is 41.5 Å². The molecule has 1 saturated carbocycles. The van der Waals surface area contributed by atoms with Crippen molar-refractivity contribution >= 4 is 22.4 Å². The van der Waals surface area contributed by atoms with Crippen LogP contribution in [-0.4, -0.2) is 10.9 Å². The van der Waals surface area contributed by atoms with Crippen LogP contribution < -0.4 is 11.1 Å². The Labute approximate surface area is 124 Å². The summed E-state index contributed by atoms with van der Waals surface area (Å²) in [6.45, 7) is 5.41. The fourth-order valence-electron chi connectivity index (χ4n) is 2.50. The molecule has 1 aromatic carbocycles. The highest BCUT2D eigenvalue weighted by atomic mass is 32.1. The number of nitrogens with two attached hydrogens (primary N) is 1. The molecule has 1 aliphatic carbocycles. The molecule has 20 heavy (non-hydrogen) atoms. The van der Waals surface area contributed by atoms with Gasteiger partial charge < -0.3 is 11.1 Å². The topological polar surface area (TPSA) is 50.9 Å². The monoisotopic (exact) mass is 287 g/mol. The maximum absolute atomic E-state index is 5.99. The van der Waals surface area contributed by atoms with Gasteiger partial charge in [-0.3, -0.25) is 0 Å². The Morgan fingerprint density at radius 3 is 2.65 bits per heavy atom. The second-order valence-corrected chi connectivity index (χ2v) is 6.96. The Morgan fingerprint density at radius 2 is 2.00 bits per heavy atom. The van der Waals surface area contributed by atoms with Crippen molar-refractivity contribution in [2.75, 3.05) is 17.6 Å². The zero-order valence-corrected chi connectivity index (χ0v) is 12.8. The van der Waals surface area contributed by atoms with Gasteiger partial charge in [0.2, 0.25) is 0 Å². The van der Waals surface area contributed by atoms with Gasteiger partial charge >= 0.3 is 0 Å². The average molecular weight is 287 g/mol. The zero-order valence-electron chi connectivity index (χ0n) is 12.0. The fraction of sp³-hybridized carbons (Fsp3) is 0.438. The van der Waals surface area contributed by atoms with Crippen LogP contribution in [0.4, 0.5) is 10.8 Å². The van der Waals surface area contributed by atoms with Crippen LogP contribution in [0.2, 0.25) is 0 Å². The van der Waals surface area contributed by atoms with E-state index < -0.39 is 0 Å². The van der Waals surface area contributed by atoms with E-state index in [0.717, 1.165) is 17.4 Å². The van der Waals surface area contributed by atoms with Crippen LogP contribution in [0.15, 0.2) is 30.3 Å². The Balaban J connectivity index is 1.73. The standard InChI is InChI=1S/C16H21N3S/c1-16(2,12-6-4-3-5-7-12)10-18-15-13(11-8-9-11)14(17)19-20-15/h3-7,11,18H,8-10H2,1-2H3,(H2,17,19). The molecule has 0 spiro atoms. The van der Waals surface area contributed by atoms with E-state index in [1.807, 2.05) is 0 Å². The third-order valence-corrected chi connectivity index (χ3v) is 4.82. The zero-order chi connectivity index (χ0) is 14.2. The molecule has 3 rings (SSSR count). The van der Waals surface area contributed by atoms with Gasteiger partial charge in [-0.1, -0.05) is 44.2 Å². The minimum absolute atomic E-state index is 0.0842. The van der Waals surface area contributed by atoms with Crippen LogP contribution >= 0.6 is 11.5 Å². The molecule has 106 valence electrons. The van der Waals surface area contributed by atoms with Gasteiger partial charge in [-0.05, 0) is 35.9 Å². The lowest BCUT2D eigenvalue weighted by molar-refractivity contribution is 0.557. The molecule has 3 N–H and O–H groups in total. The molecule has 0 unspecified atom stereocenters. The minimum Gasteiger partial charge on any atom is -0.383 e. The van der Waals surface area contributed by atoms with Gasteiger partial charge in [0.05, 0.1) is 0 Å². The van der Waals surface area contributed by atoms with E-state index in [0.29, 0.717) is 5.92 Å². The lowest BCUT2D eigenvalue weighted by Crippen LogP contribution is -2.27. The smallest absolute Gasteiger partial charge is 0.142 e. The van der Waals surface area contributed by atoms with Gasteiger partial charge in [-0.25, -0.2) is 0 Å². The summed E-state index contributed by atoms with van der Waals surface area (Å²) in [6, 6.07) is 10.6. The van der Waals surface area contributed by atoms with Crippen LogP contribution in [0.25, 0.3) is 0 Å². The van der Waals surface area contributed by atoms with E-state index in [-0.39, 0.29) is 5.41 Å². The second kappa shape index (κ2) is 5.09. The molecule has 0 aliphatic heterocycles. The number of hydrogen-bond donors (Lipinski definition) is 2. The first-order chi connectivity index (χ1) is 9.58. The summed E-state index contributed by atoms with van der Waals surface area (Å²) in [6.07, 6.45) is 2.50. The molecule has 4 heteroatoms. The largest absolute Gasteiger partial charge is 0.383 e. The van der Waals surface area contributed by atoms with Crippen LogP contribution in [0.5, 0.6) is 0 Å². The third-order valence-electron chi connectivity index (χ3n) is 3.99. The minimum atomic E-state index is 0.0842. The molecular formula is C16H21N3S. The summed E-state index contributed by atoms with van der Waals surface area (Å²) in [5.41, 5.74) is 8.67. The Kier molecular flexibility index (Phi) is 3.42. The van der Waals surface area contributed by atoms with Gasteiger partial charge in [0, 0.05) is 17.5 Å². The highest BCUT2D eigenvalue weighted by Gasteiger charge is 2.31. The van der Waals surface area contributed by atoms with Crippen molar-refractivity contribution in [1.29, 1.82) is 0 Å². The number of nitrogens with one attached hydrogen (secondary N) is 1. The number of rotatable bonds is 5. The van der Waals surface area contributed by atoms with Gasteiger partial charge in [0.1, 0.15) is 10.8 Å². The summed E-state index contributed by atoms with van der Waals surface area (Å²) < 4.78 is 4.31. The van der Waals surface area contributed by atoms with Crippen LogP contribution in [-0.2, 0) is 5.41 Å². The predicted molar refractivity (Wildman–Crippen MR) is 86.5 cm³/mol. The number of hydrogen-bond acceptors (Lipinski definition) is 4. The van der Waals surface area contributed by atoms with Crippen molar-refractivity contribution < 1.29 is 0 Å². The molecule has 2 aromatic rings. The average Bonchev–Trinajstić information content (AvgIpc) is 3.21. The lowest BCUT2D eigenvalue weighted by atomic mass is 9.84. The number of aromatic nitrogens is 1. The highest BCUT2D eigenvalue weighted by Crippen LogP contribution is 2.47. The van der Waals surface area contributed by atoms with E-state index in [4.69, 9.17) is 5.73 Å². The normalized spacial score (nSPS) is 15.3. The summed E-state index contributed by atoms with van der Waals surface area (Å²) >= 11 is 1.49. The molecule has 0 saturated heterocycles. The Morgan fingerprint density at radius 1 is 1.30 bits per heavy atom. The molecule has 0 radical (unpaired) electrons. The lowest BCUT2D eigenvalue weighted by Gasteiger charge is -2.26. The van der Waals surface area contributed by atoms with Crippen molar-refractivity contribution in [3.8, 4) is 0 Å². The van der Waals surface area contributed by atoms with Crippen molar-refractivity contribution in [3.63, 3.8) is 0 Å². The fourth-order valence-corrected chi connectivity index (χ4v) is 3.29. The molecule has 1 aromatic heterocycles. The Bertz CT molecular complexity index is 585. The quantitative estimate of drug-likeness (QED) is 0.874. The molecule has 1 fully saturated rings. The van der Waals surface area contributed by atoms with E-state index in [1.165, 1.54) is 35.5 Å². The van der Waals surface area contributed by atoms with Crippen LogP contribution in [0, 0.1) is 0 Å². The first kappa shape index (κ1) is 13.4. The van der Waals surface area contributed by atoms with Crippen molar-refractivity contribution in [1.82, 2.24) is 4.37 Å². The summed E-state index contributed by atoms with van der Waals surface area (Å²) in [4.78, 5) is 0. The predicted octanol–water partition coefficient (Wildman–Crippen LogP) is 3.99. The van der Waals surface area contributed by atoms with E-state index in [2.05, 4.69) is 53.9 Å². The summed E-state index contributed by atoms with van der Waals surface area (Å²) in [5, 5.41) is 4.73. The van der Waals surface area contributed by atoms with Crippen molar-refractivity contribution in [2.45, 2.75) is 38.0 Å². The van der Waals surface area contributed by atoms with Crippen LogP contribution in [0.3, 0.4) is 0 Å². The first-order valence-corrected chi connectivity index (χ1v) is 7.90. The van der Waals surface area contributed by atoms with Crippen LogP contribution in [0.1, 0.15) is 43.7 Å². The molecule has 0 amide bonds. The maximum atomic E-state index is 5.99. The second-order valence-electron chi connectivity index (χ2n) is 6.19. The summed E-state index contributed by atoms with van der Waals surface area (Å²) in [5.74, 6) is 1.36. The number of anilines is 2. The first-order valence-electron chi connectivity index (χ1n) is 7.12. The van der Waals surface area contributed by atoms with E-state index in [9.17, 15) is 0 Å². The number of nitrogens with zero attached hydrogens (tertiary/aromatic N) is 1. The highest BCUT2D eigenvalue weighted by molar-refractivity contribution is 7.10. The van der Waals surface area contributed by atoms with E-state index >= 15 is 0 Å². The van der Waals surface area contributed by atoms with Gasteiger partial charge in [0.25, 0.3) is 0 Å². The molecular weight excluding hydrogens is 266 g/mol. The summed E-state index contributed by atoms with van der Waals surface area (Å²) in [7, 11) is 0. The molecule has 1 aliphatic rings.